The summed E-state index contributed by atoms with van der Waals surface area (Å²) in [6.07, 6.45) is 1.63. The molecule has 3 aromatic rings. The predicted octanol–water partition coefficient (Wildman–Crippen LogP) is 0.788. The van der Waals surface area contributed by atoms with Crippen LogP contribution in [0, 0.1) is 25.2 Å². The minimum absolute atomic E-state index is 0.0370. The highest BCUT2D eigenvalue weighted by Crippen LogP contribution is 2.06. The maximum Gasteiger partial charge on any atom is 0.285 e. The van der Waals surface area contributed by atoms with Crippen molar-refractivity contribution in [2.24, 2.45) is 0 Å². The summed E-state index contributed by atoms with van der Waals surface area (Å²) in [5.41, 5.74) is 1.43. The Morgan fingerprint density at radius 3 is 2.78 bits per heavy atom. The van der Waals surface area contributed by atoms with Gasteiger partial charge in [0.2, 0.25) is 0 Å². The first-order valence-corrected chi connectivity index (χ1v) is 6.97. The Kier molecular flexibility index (Phi) is 3.50. The van der Waals surface area contributed by atoms with Crippen molar-refractivity contribution in [2.45, 2.75) is 20.4 Å². The van der Waals surface area contributed by atoms with Crippen LogP contribution in [-0.4, -0.2) is 19.2 Å². The molecule has 0 aliphatic rings. The van der Waals surface area contributed by atoms with Crippen LogP contribution in [0.15, 0.2) is 40.1 Å². The molecule has 0 amide bonds. The SMILES string of the molecule is Cc1nn(Cc2cc(=O)n3ccccc3n2)c(=O)c(C#N)c1C. The van der Waals surface area contributed by atoms with E-state index in [-0.39, 0.29) is 17.7 Å². The van der Waals surface area contributed by atoms with Crippen LogP contribution >= 0.6 is 0 Å². The monoisotopic (exact) mass is 307 g/mol. The average Bonchev–Trinajstić information content (AvgIpc) is 2.53. The van der Waals surface area contributed by atoms with Gasteiger partial charge in [-0.25, -0.2) is 9.67 Å². The first kappa shape index (κ1) is 14.7. The summed E-state index contributed by atoms with van der Waals surface area (Å²) in [4.78, 5) is 28.7. The zero-order chi connectivity index (χ0) is 16.6. The molecule has 0 spiro atoms. The molecule has 0 N–H and O–H groups in total. The summed E-state index contributed by atoms with van der Waals surface area (Å²) in [6.45, 7) is 3.46. The van der Waals surface area contributed by atoms with E-state index in [1.165, 1.54) is 15.1 Å². The fraction of sp³-hybridized carbons (Fsp3) is 0.188. The van der Waals surface area contributed by atoms with E-state index in [1.807, 2.05) is 6.07 Å². The molecule has 0 saturated carbocycles. The van der Waals surface area contributed by atoms with Gasteiger partial charge in [0.15, 0.2) is 0 Å². The van der Waals surface area contributed by atoms with Gasteiger partial charge in [-0.2, -0.15) is 10.4 Å². The Balaban J connectivity index is 2.14. The van der Waals surface area contributed by atoms with Crippen LogP contribution in [0.3, 0.4) is 0 Å². The summed E-state index contributed by atoms with van der Waals surface area (Å²) in [5.74, 6) is 0. The van der Waals surface area contributed by atoms with Crippen molar-refractivity contribution in [2.75, 3.05) is 0 Å². The molecule has 3 heterocycles. The van der Waals surface area contributed by atoms with E-state index in [0.29, 0.717) is 22.6 Å². The number of fused-ring (bicyclic) bond motifs is 1. The van der Waals surface area contributed by atoms with Crippen LogP contribution < -0.4 is 11.1 Å². The van der Waals surface area contributed by atoms with Crippen molar-refractivity contribution >= 4 is 5.65 Å². The Morgan fingerprint density at radius 1 is 1.26 bits per heavy atom. The minimum Gasteiger partial charge on any atom is -0.269 e. The van der Waals surface area contributed by atoms with Gasteiger partial charge < -0.3 is 0 Å². The Labute approximate surface area is 131 Å². The van der Waals surface area contributed by atoms with Crippen LogP contribution in [0.4, 0.5) is 0 Å². The van der Waals surface area contributed by atoms with Gasteiger partial charge in [-0.3, -0.25) is 14.0 Å². The van der Waals surface area contributed by atoms with Gasteiger partial charge in [0.1, 0.15) is 17.3 Å². The average molecular weight is 307 g/mol. The lowest BCUT2D eigenvalue weighted by Crippen LogP contribution is -2.29. The van der Waals surface area contributed by atoms with Gasteiger partial charge in [0, 0.05) is 12.3 Å². The molecule has 0 bridgehead atoms. The molecule has 0 fully saturated rings. The number of hydrogen-bond donors (Lipinski definition) is 0. The Morgan fingerprint density at radius 2 is 2.04 bits per heavy atom. The van der Waals surface area contributed by atoms with E-state index in [0.717, 1.165) is 0 Å². The lowest BCUT2D eigenvalue weighted by Gasteiger charge is -2.09. The zero-order valence-electron chi connectivity index (χ0n) is 12.6. The molecule has 3 rings (SSSR count). The molecule has 7 heteroatoms. The lowest BCUT2D eigenvalue weighted by molar-refractivity contribution is 0.612. The van der Waals surface area contributed by atoms with Crippen molar-refractivity contribution in [3.05, 3.63) is 73.7 Å². The lowest BCUT2D eigenvalue weighted by atomic mass is 10.1. The molecule has 7 nitrogen and oxygen atoms in total. The summed E-state index contributed by atoms with van der Waals surface area (Å²) in [5, 5.41) is 13.3. The van der Waals surface area contributed by atoms with E-state index in [9.17, 15) is 9.59 Å². The predicted molar refractivity (Wildman–Crippen MR) is 83.3 cm³/mol. The van der Waals surface area contributed by atoms with Crippen LogP contribution in [0.25, 0.3) is 5.65 Å². The molecule has 0 atom stereocenters. The quantitative estimate of drug-likeness (QED) is 0.697. The summed E-state index contributed by atoms with van der Waals surface area (Å²) < 4.78 is 2.59. The topological polar surface area (TPSA) is 93.0 Å². The Hall–Kier alpha value is -3.27. The molecule has 23 heavy (non-hydrogen) atoms. The molecule has 0 aliphatic heterocycles. The fourth-order valence-electron chi connectivity index (χ4n) is 2.35. The van der Waals surface area contributed by atoms with Crippen LogP contribution in [0.1, 0.15) is 22.5 Å². The number of pyridine rings is 1. The van der Waals surface area contributed by atoms with Gasteiger partial charge in [0.25, 0.3) is 11.1 Å². The first-order chi connectivity index (χ1) is 11.0. The van der Waals surface area contributed by atoms with Gasteiger partial charge in [-0.05, 0) is 31.5 Å². The first-order valence-electron chi connectivity index (χ1n) is 6.97. The number of aromatic nitrogens is 4. The molecule has 3 aromatic heterocycles. The minimum atomic E-state index is -0.481. The highest BCUT2D eigenvalue weighted by molar-refractivity contribution is 5.38. The van der Waals surface area contributed by atoms with Crippen molar-refractivity contribution in [3.63, 3.8) is 0 Å². The molecule has 0 saturated heterocycles. The van der Waals surface area contributed by atoms with Crippen LogP contribution in [-0.2, 0) is 6.54 Å². The second kappa shape index (κ2) is 5.50. The highest BCUT2D eigenvalue weighted by Gasteiger charge is 2.12. The van der Waals surface area contributed by atoms with Gasteiger partial charge in [-0.1, -0.05) is 6.07 Å². The van der Waals surface area contributed by atoms with Crippen LogP contribution in [0.2, 0.25) is 0 Å². The number of rotatable bonds is 2. The Bertz CT molecular complexity index is 1070. The third-order valence-electron chi connectivity index (χ3n) is 3.68. The van der Waals surface area contributed by atoms with Crippen molar-refractivity contribution in [1.82, 2.24) is 19.2 Å². The number of aryl methyl sites for hydroxylation is 1. The zero-order valence-corrected chi connectivity index (χ0v) is 12.6. The largest absolute Gasteiger partial charge is 0.285 e. The second-order valence-electron chi connectivity index (χ2n) is 5.17. The highest BCUT2D eigenvalue weighted by atomic mass is 16.1. The third kappa shape index (κ3) is 2.51. The number of nitriles is 1. The smallest absolute Gasteiger partial charge is 0.269 e. The molecule has 0 aromatic carbocycles. The summed E-state index contributed by atoms with van der Waals surface area (Å²) >= 11 is 0. The van der Waals surface area contributed by atoms with Gasteiger partial charge >= 0.3 is 0 Å². The molecular weight excluding hydrogens is 294 g/mol. The summed E-state index contributed by atoms with van der Waals surface area (Å²) in [7, 11) is 0. The van der Waals surface area contributed by atoms with E-state index in [2.05, 4.69) is 10.1 Å². The third-order valence-corrected chi connectivity index (χ3v) is 3.68. The maximum absolute atomic E-state index is 12.3. The van der Waals surface area contributed by atoms with Crippen LogP contribution in [0.5, 0.6) is 0 Å². The van der Waals surface area contributed by atoms with E-state index in [4.69, 9.17) is 5.26 Å². The number of nitrogens with zero attached hydrogens (tertiary/aromatic N) is 5. The van der Waals surface area contributed by atoms with Crippen molar-refractivity contribution in [1.29, 1.82) is 5.26 Å². The number of hydrogen-bond acceptors (Lipinski definition) is 5. The van der Waals surface area contributed by atoms with E-state index < -0.39 is 5.56 Å². The maximum atomic E-state index is 12.3. The second-order valence-corrected chi connectivity index (χ2v) is 5.17. The molecular formula is C16H13N5O2. The fourth-order valence-corrected chi connectivity index (χ4v) is 2.35. The standard InChI is InChI=1S/C16H13N5O2/c1-10-11(2)19-21(16(23)13(10)8-17)9-12-7-15(22)20-6-4-3-5-14(20)18-12/h3-7H,9H2,1-2H3. The molecule has 0 unspecified atom stereocenters. The summed E-state index contributed by atoms with van der Waals surface area (Å²) in [6, 6.07) is 8.50. The van der Waals surface area contributed by atoms with Gasteiger partial charge in [0.05, 0.1) is 17.9 Å². The molecule has 0 aliphatic carbocycles. The van der Waals surface area contributed by atoms with E-state index in [1.54, 1.807) is 38.2 Å². The van der Waals surface area contributed by atoms with E-state index >= 15 is 0 Å². The van der Waals surface area contributed by atoms with Gasteiger partial charge in [-0.15, -0.1) is 0 Å². The molecule has 0 radical (unpaired) electrons. The normalized spacial score (nSPS) is 10.7. The molecule has 114 valence electrons. The van der Waals surface area contributed by atoms with Crippen molar-refractivity contribution in [3.8, 4) is 6.07 Å². The van der Waals surface area contributed by atoms with Crippen molar-refractivity contribution < 1.29 is 0 Å².